The Morgan fingerprint density at radius 3 is 2.38 bits per heavy atom. The molecule has 9 heteroatoms. The smallest absolute Gasteiger partial charge is 0.295 e. The number of carbonyl (C=O) groups excluding carboxylic acids is 1. The zero-order valence-corrected chi connectivity index (χ0v) is 15.7. The molecule has 0 spiro atoms. The molecule has 1 aromatic heterocycles. The van der Waals surface area contributed by atoms with Gasteiger partial charge in [0, 0.05) is 24.2 Å². The minimum absolute atomic E-state index is 0.0402. The van der Waals surface area contributed by atoms with Crippen LogP contribution in [0.4, 0.5) is 0 Å². The largest absolute Gasteiger partial charge is 0.505 e. The molecule has 1 amide bonds. The second-order valence-corrected chi connectivity index (χ2v) is 6.75. The Kier molecular flexibility index (Phi) is 5.36. The topological polar surface area (TPSA) is 79.5 Å². The molecule has 0 saturated carbocycles. The summed E-state index contributed by atoms with van der Waals surface area (Å²) in [6.07, 6.45) is 0. The first kappa shape index (κ1) is 18.5. The number of phenols is 1. The molecular formula is C17H12Cl3N3O3. The standard InChI is InChI=1S/C17H12Cl3N3O3/c1-23(8-9-2-4-11(18)5-3-9)17(25)15-21-16(26-22-15)10-6-12(19)14(24)13(20)7-10/h2-7,24H,8H2,1H3. The molecule has 3 rings (SSSR count). The van der Waals surface area contributed by atoms with Crippen LogP contribution in [0.5, 0.6) is 5.75 Å². The van der Waals surface area contributed by atoms with E-state index in [1.807, 2.05) is 12.1 Å². The van der Waals surface area contributed by atoms with Crippen LogP contribution in [-0.2, 0) is 6.54 Å². The summed E-state index contributed by atoms with van der Waals surface area (Å²) in [5.41, 5.74) is 1.30. The van der Waals surface area contributed by atoms with Crippen LogP contribution in [0, 0.1) is 0 Å². The summed E-state index contributed by atoms with van der Waals surface area (Å²) in [5.74, 6) is -0.685. The lowest BCUT2D eigenvalue weighted by Gasteiger charge is -2.14. The van der Waals surface area contributed by atoms with Crippen molar-refractivity contribution < 1.29 is 14.4 Å². The summed E-state index contributed by atoms with van der Waals surface area (Å²) in [7, 11) is 1.63. The summed E-state index contributed by atoms with van der Waals surface area (Å²) in [5, 5.41) is 14.0. The minimum Gasteiger partial charge on any atom is -0.505 e. The number of carbonyl (C=O) groups is 1. The Labute approximate surface area is 163 Å². The van der Waals surface area contributed by atoms with Crippen molar-refractivity contribution in [2.75, 3.05) is 7.05 Å². The number of aromatic hydroxyl groups is 1. The third kappa shape index (κ3) is 3.93. The van der Waals surface area contributed by atoms with Gasteiger partial charge in [0.2, 0.25) is 0 Å². The number of hydrogen-bond acceptors (Lipinski definition) is 5. The van der Waals surface area contributed by atoms with Gasteiger partial charge in [-0.15, -0.1) is 0 Å². The molecule has 134 valence electrons. The van der Waals surface area contributed by atoms with Crippen LogP contribution < -0.4 is 0 Å². The Morgan fingerprint density at radius 2 is 1.77 bits per heavy atom. The van der Waals surface area contributed by atoms with Gasteiger partial charge in [-0.25, -0.2) is 0 Å². The summed E-state index contributed by atoms with van der Waals surface area (Å²) < 4.78 is 5.11. The molecule has 2 aromatic carbocycles. The molecular weight excluding hydrogens is 401 g/mol. The zero-order valence-electron chi connectivity index (χ0n) is 13.4. The van der Waals surface area contributed by atoms with E-state index in [0.717, 1.165) is 5.56 Å². The maximum atomic E-state index is 12.5. The van der Waals surface area contributed by atoms with Crippen molar-refractivity contribution >= 4 is 40.7 Å². The van der Waals surface area contributed by atoms with Crippen LogP contribution in [-0.4, -0.2) is 33.1 Å². The Balaban J connectivity index is 1.78. The average molecular weight is 413 g/mol. The number of rotatable bonds is 4. The van der Waals surface area contributed by atoms with Crippen LogP contribution in [0.25, 0.3) is 11.5 Å². The lowest BCUT2D eigenvalue weighted by molar-refractivity contribution is 0.0769. The van der Waals surface area contributed by atoms with Gasteiger partial charge >= 0.3 is 0 Å². The first-order valence-corrected chi connectivity index (χ1v) is 8.50. The predicted octanol–water partition coefficient (Wildman–Crippen LogP) is 4.67. The van der Waals surface area contributed by atoms with Gasteiger partial charge in [0.1, 0.15) is 0 Å². The van der Waals surface area contributed by atoms with E-state index in [4.69, 9.17) is 39.3 Å². The van der Waals surface area contributed by atoms with Gasteiger partial charge in [-0.2, -0.15) is 4.98 Å². The van der Waals surface area contributed by atoms with Crippen molar-refractivity contribution in [1.82, 2.24) is 15.0 Å². The zero-order chi connectivity index (χ0) is 18.8. The molecule has 1 N–H and O–H groups in total. The average Bonchev–Trinajstić information content (AvgIpc) is 3.10. The van der Waals surface area contributed by atoms with E-state index in [-0.39, 0.29) is 27.5 Å². The molecule has 26 heavy (non-hydrogen) atoms. The number of aromatic nitrogens is 2. The maximum absolute atomic E-state index is 12.5. The van der Waals surface area contributed by atoms with Gasteiger partial charge in [-0.3, -0.25) is 4.79 Å². The van der Waals surface area contributed by atoms with Gasteiger partial charge in [-0.1, -0.05) is 52.1 Å². The van der Waals surface area contributed by atoms with Crippen LogP contribution in [0.2, 0.25) is 15.1 Å². The number of benzene rings is 2. The van der Waals surface area contributed by atoms with Crippen LogP contribution in [0.3, 0.4) is 0 Å². The van der Waals surface area contributed by atoms with Gasteiger partial charge in [0.15, 0.2) is 5.75 Å². The molecule has 0 fully saturated rings. The highest BCUT2D eigenvalue weighted by molar-refractivity contribution is 6.37. The molecule has 0 atom stereocenters. The SMILES string of the molecule is CN(Cc1ccc(Cl)cc1)C(=O)c1noc(-c2cc(Cl)c(O)c(Cl)c2)n1. The highest BCUT2D eigenvalue weighted by atomic mass is 35.5. The summed E-state index contributed by atoms with van der Waals surface area (Å²) in [6.45, 7) is 0.358. The number of amides is 1. The fourth-order valence-corrected chi connectivity index (χ4v) is 2.84. The Hall–Kier alpha value is -2.28. The molecule has 1 heterocycles. The lowest BCUT2D eigenvalue weighted by atomic mass is 10.2. The van der Waals surface area contributed by atoms with Crippen molar-refractivity contribution in [3.63, 3.8) is 0 Å². The van der Waals surface area contributed by atoms with Crippen LogP contribution in [0.15, 0.2) is 40.9 Å². The molecule has 0 aliphatic rings. The highest BCUT2D eigenvalue weighted by Gasteiger charge is 2.21. The van der Waals surface area contributed by atoms with Crippen molar-refractivity contribution in [1.29, 1.82) is 0 Å². The Bertz CT molecular complexity index is 934. The predicted molar refractivity (Wildman–Crippen MR) is 98.7 cm³/mol. The molecule has 0 unspecified atom stereocenters. The fourth-order valence-electron chi connectivity index (χ4n) is 2.22. The second kappa shape index (κ2) is 7.53. The Morgan fingerprint density at radius 1 is 1.15 bits per heavy atom. The lowest BCUT2D eigenvalue weighted by Crippen LogP contribution is -2.27. The van der Waals surface area contributed by atoms with E-state index in [2.05, 4.69) is 10.1 Å². The first-order chi connectivity index (χ1) is 12.3. The normalized spacial score (nSPS) is 10.8. The van der Waals surface area contributed by atoms with E-state index < -0.39 is 5.91 Å². The monoisotopic (exact) mass is 411 g/mol. The number of halogens is 3. The quantitative estimate of drug-likeness (QED) is 0.673. The van der Waals surface area contributed by atoms with Crippen molar-refractivity contribution in [3.05, 3.63) is 62.9 Å². The van der Waals surface area contributed by atoms with Crippen LogP contribution >= 0.6 is 34.8 Å². The number of phenolic OH excluding ortho intramolecular Hbond substituents is 1. The van der Waals surface area contributed by atoms with E-state index in [9.17, 15) is 9.90 Å². The van der Waals surface area contributed by atoms with Gasteiger partial charge in [-0.05, 0) is 29.8 Å². The molecule has 3 aromatic rings. The van der Waals surface area contributed by atoms with Crippen molar-refractivity contribution in [2.24, 2.45) is 0 Å². The first-order valence-electron chi connectivity index (χ1n) is 7.37. The van der Waals surface area contributed by atoms with Gasteiger partial charge in [0.25, 0.3) is 17.6 Å². The number of nitrogens with zero attached hydrogens (tertiary/aromatic N) is 3. The third-order valence-electron chi connectivity index (χ3n) is 3.56. The fraction of sp³-hybridized carbons (Fsp3) is 0.118. The molecule has 6 nitrogen and oxygen atoms in total. The van der Waals surface area contributed by atoms with Gasteiger partial charge in [0.05, 0.1) is 10.0 Å². The molecule has 0 bridgehead atoms. The number of hydrogen-bond donors (Lipinski definition) is 1. The molecule has 0 aliphatic carbocycles. The molecule has 0 saturated heterocycles. The van der Waals surface area contributed by atoms with E-state index in [1.54, 1.807) is 19.2 Å². The van der Waals surface area contributed by atoms with E-state index >= 15 is 0 Å². The highest BCUT2D eigenvalue weighted by Crippen LogP contribution is 2.35. The third-order valence-corrected chi connectivity index (χ3v) is 4.39. The van der Waals surface area contributed by atoms with Gasteiger partial charge < -0.3 is 14.5 Å². The summed E-state index contributed by atoms with van der Waals surface area (Å²) >= 11 is 17.6. The van der Waals surface area contributed by atoms with Crippen molar-refractivity contribution in [3.8, 4) is 17.2 Å². The van der Waals surface area contributed by atoms with E-state index in [0.29, 0.717) is 17.1 Å². The second-order valence-electron chi connectivity index (χ2n) is 5.50. The maximum Gasteiger partial charge on any atom is 0.295 e. The molecule has 0 aliphatic heterocycles. The summed E-state index contributed by atoms with van der Waals surface area (Å²) in [4.78, 5) is 18.0. The summed E-state index contributed by atoms with van der Waals surface area (Å²) in [6, 6.07) is 9.99. The molecule has 0 radical (unpaired) electrons. The van der Waals surface area contributed by atoms with Crippen molar-refractivity contribution in [2.45, 2.75) is 6.54 Å². The van der Waals surface area contributed by atoms with E-state index in [1.165, 1.54) is 17.0 Å². The van der Waals surface area contributed by atoms with Crippen LogP contribution in [0.1, 0.15) is 16.2 Å². The minimum atomic E-state index is -0.411.